The van der Waals surface area contributed by atoms with Crippen LogP contribution in [0.3, 0.4) is 0 Å². The average molecular weight is 388 g/mol. The number of carbonyl (C=O) groups excluding carboxylic acids is 1. The number of ether oxygens (including phenoxy) is 1. The molecule has 0 saturated carbocycles. The minimum atomic E-state index is -0.118. The fraction of sp³-hybridized carbons (Fsp3) is 0.471. The largest absolute Gasteiger partial charge is 0.376 e. The molecule has 1 aliphatic heterocycles. The molecule has 0 saturated heterocycles. The molecule has 0 fully saturated rings. The Morgan fingerprint density at radius 3 is 3.11 bits per heavy atom. The third kappa shape index (κ3) is 3.50. The first-order chi connectivity index (χ1) is 13.2. The molecule has 1 amide bonds. The van der Waals surface area contributed by atoms with Crippen molar-refractivity contribution >= 4 is 17.2 Å². The minimum absolute atomic E-state index is 0.118. The fourth-order valence-corrected chi connectivity index (χ4v) is 3.60. The summed E-state index contributed by atoms with van der Waals surface area (Å²) >= 11 is 1.40. The van der Waals surface area contributed by atoms with E-state index in [9.17, 15) is 4.79 Å². The summed E-state index contributed by atoms with van der Waals surface area (Å²) in [6, 6.07) is 0. The number of aryl methyl sites for hydroxylation is 1. The molecule has 0 radical (unpaired) electrons. The van der Waals surface area contributed by atoms with Crippen molar-refractivity contribution in [3.63, 3.8) is 0 Å². The van der Waals surface area contributed by atoms with Gasteiger partial charge in [-0.05, 0) is 6.92 Å². The van der Waals surface area contributed by atoms with Crippen molar-refractivity contribution in [1.29, 1.82) is 0 Å². The molecule has 0 aliphatic carbocycles. The summed E-state index contributed by atoms with van der Waals surface area (Å²) in [5, 5.41) is 10.4. The SMILES string of the molecule is CCn1nc(-c2nc(CCN(C)C(=O)c3cscn3)no2)c2c1CCOC2. The number of aromatic nitrogens is 5. The van der Waals surface area contributed by atoms with Gasteiger partial charge in [0, 0.05) is 49.6 Å². The molecule has 10 heteroatoms. The molecule has 0 unspecified atom stereocenters. The van der Waals surface area contributed by atoms with E-state index in [0.29, 0.717) is 49.3 Å². The Labute approximate surface area is 160 Å². The van der Waals surface area contributed by atoms with Crippen LogP contribution >= 0.6 is 11.3 Å². The van der Waals surface area contributed by atoms with Crippen LogP contribution in [0.2, 0.25) is 0 Å². The van der Waals surface area contributed by atoms with Crippen LogP contribution in [0, 0.1) is 0 Å². The molecular weight excluding hydrogens is 368 g/mol. The molecular formula is C17H20N6O3S. The number of hydrogen-bond donors (Lipinski definition) is 0. The molecule has 0 N–H and O–H groups in total. The van der Waals surface area contributed by atoms with Crippen LogP contribution in [0.5, 0.6) is 0 Å². The molecule has 0 aromatic carbocycles. The van der Waals surface area contributed by atoms with E-state index in [2.05, 4.69) is 27.1 Å². The Hall–Kier alpha value is -2.59. The molecule has 3 aromatic rings. The van der Waals surface area contributed by atoms with Gasteiger partial charge in [0.1, 0.15) is 5.69 Å². The van der Waals surface area contributed by atoms with E-state index < -0.39 is 0 Å². The van der Waals surface area contributed by atoms with Gasteiger partial charge in [-0.15, -0.1) is 11.3 Å². The molecule has 9 nitrogen and oxygen atoms in total. The van der Waals surface area contributed by atoms with E-state index in [-0.39, 0.29) is 5.91 Å². The third-order valence-electron chi connectivity index (χ3n) is 4.54. The quantitative estimate of drug-likeness (QED) is 0.635. The highest BCUT2D eigenvalue weighted by molar-refractivity contribution is 7.07. The molecule has 1 aliphatic rings. The van der Waals surface area contributed by atoms with Crippen LogP contribution in [0.4, 0.5) is 0 Å². The van der Waals surface area contributed by atoms with Crippen LogP contribution in [0.1, 0.15) is 34.5 Å². The average Bonchev–Trinajstić information content (AvgIpc) is 3.44. The Balaban J connectivity index is 1.46. The zero-order valence-corrected chi connectivity index (χ0v) is 16.0. The highest BCUT2D eigenvalue weighted by Crippen LogP contribution is 2.28. The zero-order chi connectivity index (χ0) is 18.8. The lowest BCUT2D eigenvalue weighted by Gasteiger charge is -2.14. The number of amides is 1. The standard InChI is InChI=1S/C17H20N6O3S/c1-3-23-13-5-7-25-8-11(13)15(20-23)16-19-14(21-26-16)4-6-22(2)17(24)12-9-27-10-18-12/h9-10H,3-8H2,1-2H3. The molecule has 0 spiro atoms. The number of fused-ring (bicyclic) bond motifs is 1. The summed E-state index contributed by atoms with van der Waals surface area (Å²) in [5.41, 5.74) is 4.98. The van der Waals surface area contributed by atoms with Crippen molar-refractivity contribution in [1.82, 2.24) is 29.8 Å². The lowest BCUT2D eigenvalue weighted by atomic mass is 10.1. The van der Waals surface area contributed by atoms with Gasteiger partial charge in [-0.1, -0.05) is 5.16 Å². The summed E-state index contributed by atoms with van der Waals surface area (Å²) < 4.78 is 13.0. The monoisotopic (exact) mass is 388 g/mol. The van der Waals surface area contributed by atoms with Crippen molar-refractivity contribution in [2.75, 3.05) is 20.2 Å². The molecule has 4 heterocycles. The van der Waals surface area contributed by atoms with Gasteiger partial charge >= 0.3 is 0 Å². The lowest BCUT2D eigenvalue weighted by molar-refractivity contribution is 0.0791. The van der Waals surface area contributed by atoms with E-state index in [1.807, 2.05) is 4.68 Å². The Kier molecular flexibility index (Phi) is 4.99. The number of rotatable bonds is 6. The molecule has 142 valence electrons. The van der Waals surface area contributed by atoms with Gasteiger partial charge in [-0.25, -0.2) is 4.98 Å². The number of thiazole rings is 1. The van der Waals surface area contributed by atoms with E-state index in [0.717, 1.165) is 18.5 Å². The second-order valence-electron chi connectivity index (χ2n) is 6.26. The van der Waals surface area contributed by atoms with E-state index >= 15 is 0 Å². The van der Waals surface area contributed by atoms with Crippen LogP contribution in [-0.2, 0) is 30.7 Å². The van der Waals surface area contributed by atoms with Crippen molar-refractivity contribution < 1.29 is 14.1 Å². The molecule has 4 rings (SSSR count). The van der Waals surface area contributed by atoms with Gasteiger partial charge in [-0.3, -0.25) is 9.48 Å². The first kappa shape index (κ1) is 17.8. The van der Waals surface area contributed by atoms with Crippen LogP contribution in [0.25, 0.3) is 11.6 Å². The lowest BCUT2D eigenvalue weighted by Crippen LogP contribution is -2.29. The van der Waals surface area contributed by atoms with Gasteiger partial charge in [0.15, 0.2) is 11.5 Å². The van der Waals surface area contributed by atoms with Crippen molar-refractivity contribution in [3.05, 3.63) is 33.7 Å². The topological polar surface area (TPSA) is 99.2 Å². The van der Waals surface area contributed by atoms with Gasteiger partial charge in [0.25, 0.3) is 11.8 Å². The molecule has 0 bridgehead atoms. The third-order valence-corrected chi connectivity index (χ3v) is 5.12. The predicted octanol–water partition coefficient (Wildman–Crippen LogP) is 1.80. The number of carbonyl (C=O) groups is 1. The van der Waals surface area contributed by atoms with Crippen molar-refractivity contribution in [3.8, 4) is 11.6 Å². The molecule has 27 heavy (non-hydrogen) atoms. The predicted molar refractivity (Wildman–Crippen MR) is 97.3 cm³/mol. The second kappa shape index (κ2) is 7.57. The number of nitrogens with zero attached hydrogens (tertiary/aromatic N) is 6. The Morgan fingerprint density at radius 1 is 1.44 bits per heavy atom. The van der Waals surface area contributed by atoms with Crippen molar-refractivity contribution in [2.24, 2.45) is 0 Å². The second-order valence-corrected chi connectivity index (χ2v) is 6.98. The molecule has 0 atom stereocenters. The van der Waals surface area contributed by atoms with Gasteiger partial charge in [0.05, 0.1) is 18.7 Å². The summed E-state index contributed by atoms with van der Waals surface area (Å²) in [5.74, 6) is 0.819. The Bertz CT molecular complexity index is 933. The Morgan fingerprint density at radius 2 is 2.33 bits per heavy atom. The van der Waals surface area contributed by atoms with E-state index in [4.69, 9.17) is 9.26 Å². The van der Waals surface area contributed by atoms with Crippen LogP contribution < -0.4 is 0 Å². The van der Waals surface area contributed by atoms with E-state index in [1.54, 1.807) is 22.8 Å². The smallest absolute Gasteiger partial charge is 0.278 e. The summed E-state index contributed by atoms with van der Waals surface area (Å²) in [4.78, 5) is 22.3. The normalized spacial score (nSPS) is 13.6. The highest BCUT2D eigenvalue weighted by atomic mass is 32.1. The zero-order valence-electron chi connectivity index (χ0n) is 15.2. The first-order valence-corrected chi connectivity index (χ1v) is 9.74. The van der Waals surface area contributed by atoms with Crippen LogP contribution in [-0.4, -0.2) is 55.9 Å². The summed E-state index contributed by atoms with van der Waals surface area (Å²) in [7, 11) is 1.74. The van der Waals surface area contributed by atoms with Gasteiger partial charge in [-0.2, -0.15) is 10.1 Å². The maximum Gasteiger partial charge on any atom is 0.278 e. The molecule has 3 aromatic heterocycles. The summed E-state index contributed by atoms with van der Waals surface area (Å²) in [6.45, 7) is 4.52. The number of likely N-dealkylation sites (N-methyl/N-ethyl adjacent to an activating group) is 1. The maximum atomic E-state index is 12.2. The minimum Gasteiger partial charge on any atom is -0.376 e. The number of hydrogen-bond acceptors (Lipinski definition) is 8. The van der Waals surface area contributed by atoms with Gasteiger partial charge < -0.3 is 14.2 Å². The fourth-order valence-electron chi connectivity index (χ4n) is 3.08. The van der Waals surface area contributed by atoms with Crippen molar-refractivity contribution in [2.45, 2.75) is 32.9 Å². The van der Waals surface area contributed by atoms with E-state index in [1.165, 1.54) is 17.0 Å². The first-order valence-electron chi connectivity index (χ1n) is 8.80. The highest BCUT2D eigenvalue weighted by Gasteiger charge is 2.25. The van der Waals surface area contributed by atoms with Gasteiger partial charge in [0.2, 0.25) is 0 Å². The van der Waals surface area contributed by atoms with Crippen LogP contribution in [0.15, 0.2) is 15.4 Å². The maximum absolute atomic E-state index is 12.2. The summed E-state index contributed by atoms with van der Waals surface area (Å²) in [6.07, 6.45) is 1.32.